The Hall–Kier alpha value is -3.33. The Morgan fingerprint density at radius 1 is 0.507 bits per heavy atom. The molecule has 0 saturated heterocycles. The first-order valence-corrected chi connectivity index (χ1v) is 28.7. The van der Waals surface area contributed by atoms with Gasteiger partial charge in [-0.15, -0.1) is 0 Å². The topological polar surface area (TPSA) is 15.5 Å². The van der Waals surface area contributed by atoms with Gasteiger partial charge in [0.05, 0.1) is 12.5 Å². The molecule has 2 aliphatic rings. The molecule has 0 fully saturated rings. The maximum absolute atomic E-state index is 5.97. The predicted molar refractivity (Wildman–Crippen MR) is 297 cm³/mol. The van der Waals surface area contributed by atoms with Gasteiger partial charge in [-0.2, -0.15) is 4.58 Å². The van der Waals surface area contributed by atoms with Crippen LogP contribution in [0.4, 0.5) is 11.4 Å². The summed E-state index contributed by atoms with van der Waals surface area (Å²) in [6.07, 6.45) is 58.2. The van der Waals surface area contributed by atoms with Crippen molar-refractivity contribution in [2.75, 3.05) is 25.1 Å². The normalized spacial score (nSPS) is 16.1. The summed E-state index contributed by atoms with van der Waals surface area (Å²) in [5.41, 5.74) is 8.24. The molecule has 0 bridgehead atoms. The van der Waals surface area contributed by atoms with Crippen LogP contribution in [-0.4, -0.2) is 30.5 Å². The van der Waals surface area contributed by atoms with Gasteiger partial charge in [-0.05, 0) is 56.5 Å². The average Bonchev–Trinajstić information content (AvgIpc) is 3.68. The van der Waals surface area contributed by atoms with Crippen LogP contribution in [0.1, 0.15) is 258 Å². The lowest BCUT2D eigenvalue weighted by Gasteiger charge is -2.27. The number of rotatable bonds is 39. The molecule has 3 nitrogen and oxygen atoms in total. The van der Waals surface area contributed by atoms with Crippen LogP contribution in [0.15, 0.2) is 96.4 Å². The van der Waals surface area contributed by atoms with Gasteiger partial charge in [-0.25, -0.2) is 0 Å². The van der Waals surface area contributed by atoms with Crippen molar-refractivity contribution in [1.82, 2.24) is 0 Å². The van der Waals surface area contributed by atoms with Gasteiger partial charge < -0.3 is 9.64 Å². The van der Waals surface area contributed by atoms with Crippen molar-refractivity contribution >= 4 is 17.1 Å². The van der Waals surface area contributed by atoms with Gasteiger partial charge in [-0.3, -0.25) is 0 Å². The number of methoxy groups -OCH3 is 1. The monoisotopic (exact) mass is 916 g/mol. The first kappa shape index (κ1) is 56.3. The van der Waals surface area contributed by atoms with Crippen LogP contribution in [0.3, 0.4) is 0 Å². The molecule has 0 radical (unpaired) electrons. The molecule has 0 unspecified atom stereocenters. The van der Waals surface area contributed by atoms with Crippen molar-refractivity contribution in [3.63, 3.8) is 0 Å². The van der Waals surface area contributed by atoms with Crippen LogP contribution in [-0.2, 0) is 15.6 Å². The number of para-hydroxylation sites is 2. The molecule has 374 valence electrons. The third-order valence-electron chi connectivity index (χ3n) is 15.3. The lowest BCUT2D eigenvalue weighted by Crippen LogP contribution is -2.28. The summed E-state index contributed by atoms with van der Waals surface area (Å²) in [5.74, 6) is 0.871. The Bertz CT molecular complexity index is 1790. The lowest BCUT2D eigenvalue weighted by atomic mass is 9.81. The molecule has 0 aliphatic carbocycles. The summed E-state index contributed by atoms with van der Waals surface area (Å²) in [5, 5.41) is 0. The summed E-state index contributed by atoms with van der Waals surface area (Å²) in [4.78, 5) is 2.61. The zero-order chi connectivity index (χ0) is 47.8. The van der Waals surface area contributed by atoms with Crippen LogP contribution in [0.25, 0.3) is 0 Å². The standard InChI is InChI=1S/C64H103N2O/c1-8-10-12-14-16-18-20-22-24-26-28-30-32-34-36-44-54-65-59-49-41-39-47-57(59)63(3,4)61(65)51-43-38-46-56(67-7)52-53-62-64(5,6)58-48-40-42-50-60(58)66(62)55-45-37-35-33-31-29-27-25-23-21-19-17-15-13-11-9-2/h38-43,46-53H,8-37,44-45,54-55H2,1-7H3/q+1. The summed E-state index contributed by atoms with van der Waals surface area (Å²) in [7, 11) is 1.80. The Kier molecular flexibility index (Phi) is 27.9. The van der Waals surface area contributed by atoms with Crippen molar-refractivity contribution in [2.45, 2.75) is 258 Å². The Balaban J connectivity index is 1.24. The van der Waals surface area contributed by atoms with Crippen LogP contribution >= 0.6 is 0 Å². The molecule has 0 amide bonds. The maximum atomic E-state index is 5.97. The van der Waals surface area contributed by atoms with Gasteiger partial charge in [0.25, 0.3) is 0 Å². The van der Waals surface area contributed by atoms with Crippen molar-refractivity contribution in [3.8, 4) is 0 Å². The fourth-order valence-electron chi connectivity index (χ4n) is 11.0. The largest absolute Gasteiger partial charge is 0.497 e. The van der Waals surface area contributed by atoms with E-state index in [-0.39, 0.29) is 10.8 Å². The van der Waals surface area contributed by atoms with E-state index in [0.29, 0.717) is 0 Å². The fourth-order valence-corrected chi connectivity index (χ4v) is 11.0. The number of ether oxygens (including phenoxy) is 1. The van der Waals surface area contributed by atoms with Gasteiger partial charge in [0.2, 0.25) is 5.69 Å². The van der Waals surface area contributed by atoms with Gasteiger partial charge in [-0.1, -0.05) is 262 Å². The molecule has 3 heteroatoms. The van der Waals surface area contributed by atoms with E-state index in [0.717, 1.165) is 18.8 Å². The van der Waals surface area contributed by atoms with E-state index in [9.17, 15) is 0 Å². The summed E-state index contributed by atoms with van der Waals surface area (Å²) < 4.78 is 8.56. The molecule has 0 spiro atoms. The van der Waals surface area contributed by atoms with E-state index >= 15 is 0 Å². The second-order valence-corrected chi connectivity index (χ2v) is 21.6. The van der Waals surface area contributed by atoms with Crippen LogP contribution < -0.4 is 4.90 Å². The molecular weight excluding hydrogens is 813 g/mol. The number of fused-ring (bicyclic) bond motifs is 2. The Morgan fingerprint density at radius 2 is 0.940 bits per heavy atom. The van der Waals surface area contributed by atoms with E-state index in [1.54, 1.807) is 7.11 Å². The van der Waals surface area contributed by atoms with Crippen LogP contribution in [0.5, 0.6) is 0 Å². The summed E-state index contributed by atoms with van der Waals surface area (Å²) >= 11 is 0. The highest BCUT2D eigenvalue weighted by molar-refractivity contribution is 6.03. The second-order valence-electron chi connectivity index (χ2n) is 21.6. The number of anilines is 1. The molecule has 2 heterocycles. The Labute approximate surface area is 415 Å². The molecule has 0 aromatic heterocycles. The SMILES string of the molecule is CCCCCCCCCCCCCCCCCCN1/C(=C/C=C/C=C(/C=C/C2=[N+](CCCCCCCCCCCCCCCCCC)c3ccccc3C2(C)C)OC)C(C)(C)c2ccccc21. The van der Waals surface area contributed by atoms with E-state index in [1.165, 1.54) is 239 Å². The van der Waals surface area contributed by atoms with Crippen molar-refractivity contribution < 1.29 is 9.31 Å². The summed E-state index contributed by atoms with van der Waals surface area (Å²) in [6, 6.07) is 18.1. The molecule has 0 N–H and O–H groups in total. The van der Waals surface area contributed by atoms with Gasteiger partial charge in [0, 0.05) is 47.5 Å². The highest BCUT2D eigenvalue weighted by atomic mass is 16.5. The average molecular weight is 917 g/mol. The number of hydrogen-bond donors (Lipinski definition) is 0. The fraction of sp³-hybridized carbons (Fsp3) is 0.672. The van der Waals surface area contributed by atoms with E-state index < -0.39 is 0 Å². The van der Waals surface area contributed by atoms with E-state index in [1.807, 2.05) is 0 Å². The quantitative estimate of drug-likeness (QED) is 0.0287. The van der Waals surface area contributed by atoms with Crippen LogP contribution in [0, 0.1) is 0 Å². The maximum Gasteiger partial charge on any atom is 0.209 e. The highest BCUT2D eigenvalue weighted by Gasteiger charge is 2.44. The minimum atomic E-state index is -0.0693. The minimum absolute atomic E-state index is 0.0424. The van der Waals surface area contributed by atoms with Crippen molar-refractivity contribution in [1.29, 1.82) is 0 Å². The van der Waals surface area contributed by atoms with Crippen molar-refractivity contribution in [3.05, 3.63) is 108 Å². The molecule has 0 saturated carbocycles. The third-order valence-corrected chi connectivity index (χ3v) is 15.3. The zero-order valence-electron chi connectivity index (χ0n) is 44.9. The van der Waals surface area contributed by atoms with Gasteiger partial charge in [0.15, 0.2) is 5.71 Å². The van der Waals surface area contributed by atoms with Crippen molar-refractivity contribution in [2.24, 2.45) is 0 Å². The first-order valence-electron chi connectivity index (χ1n) is 28.7. The molecule has 0 atom stereocenters. The molecular formula is C64H103N2O+. The minimum Gasteiger partial charge on any atom is -0.497 e. The molecule has 67 heavy (non-hydrogen) atoms. The number of benzene rings is 2. The third kappa shape index (κ3) is 19.5. The molecule has 4 rings (SSSR count). The van der Waals surface area contributed by atoms with Crippen LogP contribution in [0.2, 0.25) is 0 Å². The first-order chi connectivity index (χ1) is 32.8. The number of allylic oxidation sites excluding steroid dienone is 7. The van der Waals surface area contributed by atoms with Gasteiger partial charge >= 0.3 is 0 Å². The zero-order valence-corrected chi connectivity index (χ0v) is 44.9. The molecule has 2 aromatic carbocycles. The Morgan fingerprint density at radius 3 is 1.43 bits per heavy atom. The molecule has 2 aromatic rings. The smallest absolute Gasteiger partial charge is 0.209 e. The number of nitrogens with zero attached hydrogens (tertiary/aromatic N) is 2. The number of hydrogen-bond acceptors (Lipinski definition) is 2. The van der Waals surface area contributed by atoms with Gasteiger partial charge in [0.1, 0.15) is 12.3 Å². The lowest BCUT2D eigenvalue weighted by molar-refractivity contribution is -0.438. The van der Waals surface area contributed by atoms with E-state index in [4.69, 9.17) is 4.74 Å². The number of unbranched alkanes of at least 4 members (excludes halogenated alkanes) is 30. The predicted octanol–water partition coefficient (Wildman–Crippen LogP) is 19.9. The van der Waals surface area contributed by atoms with E-state index in [2.05, 4.69) is 136 Å². The molecule has 2 aliphatic heterocycles. The highest BCUT2D eigenvalue weighted by Crippen LogP contribution is 2.48. The summed E-state index contributed by atoms with van der Waals surface area (Å²) in [6.45, 7) is 16.3. The second kappa shape index (κ2) is 33.2.